The molecule has 276 valence electrons. The number of methoxy groups -OCH3 is 1. The zero-order valence-corrected chi connectivity index (χ0v) is 30.9. The number of hydrogen-bond donors (Lipinski definition) is 3. The molecule has 4 aromatic rings. The van der Waals surface area contributed by atoms with E-state index in [1.807, 2.05) is 79.8 Å². The topological polar surface area (TPSA) is 120 Å². The van der Waals surface area contributed by atoms with Crippen LogP contribution in [0.1, 0.15) is 69.5 Å². The zero-order valence-electron chi connectivity index (χ0n) is 30.9. The van der Waals surface area contributed by atoms with Crippen molar-refractivity contribution in [2.45, 2.75) is 76.3 Å². The van der Waals surface area contributed by atoms with Gasteiger partial charge in [-0.05, 0) is 90.9 Å². The highest BCUT2D eigenvalue weighted by Gasteiger charge is 2.39. The van der Waals surface area contributed by atoms with Crippen LogP contribution in [0.2, 0.25) is 0 Å². The molecule has 4 aromatic carbocycles. The van der Waals surface area contributed by atoms with Gasteiger partial charge in [0.25, 0.3) is 0 Å². The molecule has 0 fully saturated rings. The van der Waals surface area contributed by atoms with Gasteiger partial charge < -0.3 is 30.5 Å². The molecule has 0 aromatic heterocycles. The number of esters is 1. The normalized spacial score (nSPS) is 17.4. The number of carbonyl (C=O) groups is 4. The highest BCUT2D eigenvalue weighted by molar-refractivity contribution is 5.94. The lowest BCUT2D eigenvalue weighted by atomic mass is 9.87. The number of nitrogens with one attached hydrogen (secondary N) is 3. The minimum Gasteiger partial charge on any atom is -0.465 e. The molecule has 0 saturated carbocycles. The van der Waals surface area contributed by atoms with E-state index >= 15 is 0 Å². The molecule has 0 saturated heterocycles. The van der Waals surface area contributed by atoms with Crippen molar-refractivity contribution in [3.63, 3.8) is 0 Å². The van der Waals surface area contributed by atoms with Crippen molar-refractivity contribution >= 4 is 29.4 Å². The van der Waals surface area contributed by atoms with Gasteiger partial charge in [-0.25, -0.2) is 4.79 Å². The molecule has 10 nitrogen and oxygen atoms in total. The predicted octanol–water partition coefficient (Wildman–Crippen LogP) is 4.89. The fourth-order valence-corrected chi connectivity index (χ4v) is 7.34. The first-order chi connectivity index (χ1) is 25.6. The Bertz CT molecular complexity index is 1930. The first-order valence-corrected chi connectivity index (χ1v) is 18.4. The van der Waals surface area contributed by atoms with Gasteiger partial charge in [0.05, 0.1) is 24.8 Å². The second-order valence-electron chi connectivity index (χ2n) is 14.1. The van der Waals surface area contributed by atoms with Crippen molar-refractivity contribution in [3.05, 3.63) is 136 Å². The third-order valence-electron chi connectivity index (χ3n) is 10.6. The molecule has 3 amide bonds. The smallest absolute Gasteiger partial charge is 0.337 e. The lowest BCUT2D eigenvalue weighted by Gasteiger charge is -2.39. The van der Waals surface area contributed by atoms with Crippen LogP contribution in [0, 0.1) is 0 Å². The van der Waals surface area contributed by atoms with Crippen LogP contribution >= 0.6 is 0 Å². The summed E-state index contributed by atoms with van der Waals surface area (Å²) in [5.74, 6) is -1.14. The summed E-state index contributed by atoms with van der Waals surface area (Å²) in [6.45, 7) is 2.64. The number of aryl methyl sites for hydroxylation is 1. The van der Waals surface area contributed by atoms with Crippen LogP contribution < -0.4 is 20.9 Å². The van der Waals surface area contributed by atoms with Crippen molar-refractivity contribution < 1.29 is 23.9 Å². The van der Waals surface area contributed by atoms with E-state index in [0.717, 1.165) is 52.8 Å². The Hall–Kier alpha value is -5.48. The third-order valence-corrected chi connectivity index (χ3v) is 10.6. The van der Waals surface area contributed by atoms with E-state index in [2.05, 4.69) is 33.0 Å². The summed E-state index contributed by atoms with van der Waals surface area (Å²) in [6.07, 6.45) is 3.45. The fourth-order valence-electron chi connectivity index (χ4n) is 7.34. The Kier molecular flexibility index (Phi) is 11.9. The molecule has 6 rings (SSSR count). The Morgan fingerprint density at radius 2 is 1.53 bits per heavy atom. The van der Waals surface area contributed by atoms with Crippen molar-refractivity contribution in [1.29, 1.82) is 0 Å². The van der Waals surface area contributed by atoms with Crippen molar-refractivity contribution in [2.24, 2.45) is 0 Å². The number of anilines is 1. The highest BCUT2D eigenvalue weighted by atomic mass is 16.5. The second-order valence-corrected chi connectivity index (χ2v) is 14.1. The monoisotopic (exact) mass is 715 g/mol. The Morgan fingerprint density at radius 3 is 2.23 bits per heavy atom. The number of amides is 3. The third kappa shape index (κ3) is 8.77. The van der Waals surface area contributed by atoms with Crippen molar-refractivity contribution in [3.8, 4) is 0 Å². The zero-order chi connectivity index (χ0) is 37.5. The second kappa shape index (κ2) is 16.9. The van der Waals surface area contributed by atoms with Gasteiger partial charge in [-0.3, -0.25) is 14.4 Å². The van der Waals surface area contributed by atoms with Gasteiger partial charge in [0.1, 0.15) is 12.1 Å². The molecular weight excluding hydrogens is 667 g/mol. The lowest BCUT2D eigenvalue weighted by Crippen LogP contribution is -2.59. The standard InChI is InChI=1S/C43H49N5O5/c1-28(44-2)40(49)46-38(24-29-18-22-35(23-19-29)47(3)26-30-16-20-32(21-17-30)43(52)53-4)42(51)48-27-34-12-6-5-11-33(34)25-39(48)41(50)45-37-15-9-13-31-10-7-8-14-36(31)37/h5-8,10-12,14,16-23,28,37-39,44H,9,13,15,24-27H2,1-4H3,(H,45,50)(H,46,49). The molecular formula is C43H49N5O5. The summed E-state index contributed by atoms with van der Waals surface area (Å²) in [7, 11) is 5.05. The van der Waals surface area contributed by atoms with Gasteiger partial charge >= 0.3 is 5.97 Å². The number of rotatable bonds is 12. The molecule has 1 aliphatic carbocycles. The Morgan fingerprint density at radius 1 is 0.868 bits per heavy atom. The molecule has 4 unspecified atom stereocenters. The van der Waals surface area contributed by atoms with Crippen LogP contribution in [0.15, 0.2) is 97.1 Å². The average Bonchev–Trinajstić information content (AvgIpc) is 3.19. The number of fused-ring (bicyclic) bond motifs is 2. The van der Waals surface area contributed by atoms with E-state index in [0.29, 0.717) is 18.5 Å². The summed E-state index contributed by atoms with van der Waals surface area (Å²) in [6, 6.07) is 29.2. The Balaban J connectivity index is 1.22. The van der Waals surface area contributed by atoms with Crippen LogP contribution in [0.3, 0.4) is 0 Å². The molecule has 0 bridgehead atoms. The summed E-state index contributed by atoms with van der Waals surface area (Å²) in [5, 5.41) is 9.28. The van der Waals surface area contributed by atoms with Crippen LogP contribution in [-0.2, 0) is 51.5 Å². The van der Waals surface area contributed by atoms with Gasteiger partial charge in [0, 0.05) is 38.7 Å². The highest BCUT2D eigenvalue weighted by Crippen LogP contribution is 2.31. The van der Waals surface area contributed by atoms with Crippen LogP contribution in [-0.4, -0.2) is 67.9 Å². The molecule has 2 aliphatic rings. The largest absolute Gasteiger partial charge is 0.465 e. The van der Waals surface area contributed by atoms with Crippen LogP contribution in [0.5, 0.6) is 0 Å². The van der Waals surface area contributed by atoms with E-state index in [1.165, 1.54) is 12.7 Å². The van der Waals surface area contributed by atoms with E-state index < -0.39 is 18.1 Å². The van der Waals surface area contributed by atoms with Gasteiger partial charge in [-0.1, -0.05) is 72.8 Å². The summed E-state index contributed by atoms with van der Waals surface area (Å²) >= 11 is 0. The number of carbonyl (C=O) groups excluding carboxylic acids is 4. The van der Waals surface area contributed by atoms with E-state index in [9.17, 15) is 19.2 Å². The first kappa shape index (κ1) is 37.3. The Labute approximate surface area is 311 Å². The molecule has 4 atom stereocenters. The quantitative estimate of drug-likeness (QED) is 0.179. The average molecular weight is 716 g/mol. The van der Waals surface area contributed by atoms with E-state index in [1.54, 1.807) is 31.0 Å². The molecule has 3 N–H and O–H groups in total. The SMILES string of the molecule is CNC(C)C(=O)NC(Cc1ccc(N(C)Cc2ccc(C(=O)OC)cc2)cc1)C(=O)N1Cc2ccccc2CC1C(=O)NC1CCCc2ccccc21. The number of benzene rings is 4. The maximum Gasteiger partial charge on any atom is 0.337 e. The molecule has 1 heterocycles. The number of likely N-dealkylation sites (N-methyl/N-ethyl adjacent to an activating group) is 1. The maximum atomic E-state index is 14.7. The van der Waals surface area contributed by atoms with Gasteiger partial charge in [0.15, 0.2) is 0 Å². The fraction of sp³-hybridized carbons (Fsp3) is 0.349. The number of hydrogen-bond acceptors (Lipinski definition) is 7. The lowest BCUT2D eigenvalue weighted by molar-refractivity contribution is -0.145. The minimum atomic E-state index is -0.897. The van der Waals surface area contributed by atoms with Crippen molar-refractivity contribution in [1.82, 2.24) is 20.9 Å². The van der Waals surface area contributed by atoms with E-state index in [-0.39, 0.29) is 42.7 Å². The molecule has 0 spiro atoms. The van der Waals surface area contributed by atoms with Crippen molar-refractivity contribution in [2.75, 3.05) is 26.1 Å². The summed E-state index contributed by atoms with van der Waals surface area (Å²) < 4.78 is 4.80. The van der Waals surface area contributed by atoms with Gasteiger partial charge in [-0.2, -0.15) is 0 Å². The summed E-state index contributed by atoms with van der Waals surface area (Å²) in [5.41, 5.74) is 7.80. The molecule has 0 radical (unpaired) electrons. The maximum absolute atomic E-state index is 14.7. The molecule has 10 heteroatoms. The predicted molar refractivity (Wildman–Crippen MR) is 205 cm³/mol. The van der Waals surface area contributed by atoms with Gasteiger partial charge in [-0.15, -0.1) is 0 Å². The summed E-state index contributed by atoms with van der Waals surface area (Å²) in [4.78, 5) is 57.8. The van der Waals surface area contributed by atoms with Crippen LogP contribution in [0.4, 0.5) is 5.69 Å². The first-order valence-electron chi connectivity index (χ1n) is 18.4. The number of nitrogens with zero attached hydrogens (tertiary/aromatic N) is 2. The molecule has 1 aliphatic heterocycles. The number of ether oxygens (including phenoxy) is 1. The minimum absolute atomic E-state index is 0.121. The van der Waals surface area contributed by atoms with Gasteiger partial charge in [0.2, 0.25) is 17.7 Å². The van der Waals surface area contributed by atoms with Crippen LogP contribution in [0.25, 0.3) is 0 Å². The molecule has 53 heavy (non-hydrogen) atoms. The van der Waals surface area contributed by atoms with E-state index in [4.69, 9.17) is 4.74 Å².